The maximum atomic E-state index is 13.1. The van der Waals surface area contributed by atoms with Gasteiger partial charge in [-0.1, -0.05) is 43.3 Å². The molecular weight excluding hydrogens is 478 g/mol. The lowest BCUT2D eigenvalue weighted by Crippen LogP contribution is -2.28. The third-order valence-electron chi connectivity index (χ3n) is 5.60. The molecule has 0 aliphatic carbocycles. The third kappa shape index (κ3) is 4.89. The van der Waals surface area contributed by atoms with Crippen molar-refractivity contribution in [1.29, 1.82) is 0 Å². The van der Waals surface area contributed by atoms with Gasteiger partial charge < -0.3 is 25.4 Å². The third-order valence-corrected chi connectivity index (χ3v) is 6.51. The molecule has 0 spiro atoms. The highest BCUT2D eigenvalue weighted by Crippen LogP contribution is 2.47. The number of hydrogen-bond donors (Lipinski definition) is 4. The first-order valence-corrected chi connectivity index (χ1v) is 12.2. The molecule has 0 atom stereocenters. The van der Waals surface area contributed by atoms with Gasteiger partial charge in [-0.2, -0.15) is 0 Å². The van der Waals surface area contributed by atoms with Crippen molar-refractivity contribution in [3.63, 3.8) is 0 Å². The molecule has 0 saturated heterocycles. The van der Waals surface area contributed by atoms with Crippen molar-refractivity contribution in [3.8, 4) is 11.8 Å². The van der Waals surface area contributed by atoms with Gasteiger partial charge in [0.2, 0.25) is 17.2 Å². The van der Waals surface area contributed by atoms with Gasteiger partial charge in [-0.25, -0.2) is 4.99 Å². The highest BCUT2D eigenvalue weighted by atomic mass is 32.1. The Labute approximate surface area is 212 Å². The summed E-state index contributed by atoms with van der Waals surface area (Å²) in [7, 11) is 3.11. The zero-order valence-electron chi connectivity index (χ0n) is 20.1. The van der Waals surface area contributed by atoms with Crippen molar-refractivity contribution in [2.45, 2.75) is 19.9 Å². The highest BCUT2D eigenvalue weighted by Gasteiger charge is 2.25. The van der Waals surface area contributed by atoms with Crippen LogP contribution in [-0.2, 0) is 6.54 Å². The first-order valence-electron chi connectivity index (χ1n) is 11.3. The van der Waals surface area contributed by atoms with Gasteiger partial charge in [-0.15, -0.1) is 11.3 Å². The fourth-order valence-electron chi connectivity index (χ4n) is 3.72. The predicted molar refractivity (Wildman–Crippen MR) is 142 cm³/mol. The number of nitrogens with one attached hydrogen (secondary N) is 2. The van der Waals surface area contributed by atoms with E-state index in [1.807, 2.05) is 54.8 Å². The van der Waals surface area contributed by atoms with Crippen LogP contribution in [0.25, 0.3) is 0 Å². The molecule has 0 aliphatic heterocycles. The number of benzene rings is 1. The SMILES string of the molecule is CCC(=Nc1c(Nc2c[nH]cc(C(=O)N(C)C)c2=O)c(O)n(Cc2ccccc2)c1O)c1cccs1. The molecular formula is C26H27N5O4S. The number of aliphatic imine (C=N–C) groups is 1. The Hall–Kier alpha value is -4.31. The summed E-state index contributed by atoms with van der Waals surface area (Å²) in [5, 5.41) is 27.2. The van der Waals surface area contributed by atoms with Gasteiger partial charge >= 0.3 is 0 Å². The topological polar surface area (TPSA) is 123 Å². The fraction of sp³-hybridized carbons (Fsp3) is 0.192. The van der Waals surface area contributed by atoms with Crippen molar-refractivity contribution in [2.75, 3.05) is 19.4 Å². The van der Waals surface area contributed by atoms with E-state index in [4.69, 9.17) is 4.99 Å². The number of amides is 1. The van der Waals surface area contributed by atoms with Crippen LogP contribution in [-0.4, -0.2) is 50.4 Å². The number of rotatable bonds is 8. The van der Waals surface area contributed by atoms with Crippen LogP contribution in [0.5, 0.6) is 11.8 Å². The second kappa shape index (κ2) is 10.5. The van der Waals surface area contributed by atoms with Crippen LogP contribution in [0.1, 0.15) is 34.1 Å². The lowest BCUT2D eigenvalue weighted by molar-refractivity contribution is 0.0826. The van der Waals surface area contributed by atoms with Gasteiger partial charge in [-0.3, -0.25) is 14.2 Å². The first kappa shape index (κ1) is 24.8. The van der Waals surface area contributed by atoms with Gasteiger partial charge in [0.1, 0.15) is 16.9 Å². The number of aromatic amines is 1. The van der Waals surface area contributed by atoms with E-state index in [9.17, 15) is 19.8 Å². The number of pyridine rings is 1. The van der Waals surface area contributed by atoms with Crippen molar-refractivity contribution >= 4 is 40.0 Å². The van der Waals surface area contributed by atoms with Gasteiger partial charge in [0.25, 0.3) is 5.91 Å². The van der Waals surface area contributed by atoms with E-state index in [1.165, 1.54) is 33.2 Å². The average Bonchev–Trinajstić information content (AvgIpc) is 3.48. The molecule has 0 fully saturated rings. The van der Waals surface area contributed by atoms with Crippen LogP contribution in [0.15, 0.2) is 70.0 Å². The van der Waals surface area contributed by atoms with Crippen molar-refractivity contribution in [1.82, 2.24) is 14.5 Å². The van der Waals surface area contributed by atoms with Crippen LogP contribution >= 0.6 is 11.3 Å². The number of hydrogen-bond acceptors (Lipinski definition) is 7. The number of aromatic nitrogens is 2. The number of H-pyrrole nitrogens is 1. The van der Waals surface area contributed by atoms with Gasteiger partial charge in [0.15, 0.2) is 5.69 Å². The Kier molecular flexibility index (Phi) is 7.25. The van der Waals surface area contributed by atoms with Gasteiger partial charge in [0.05, 0.1) is 12.3 Å². The largest absolute Gasteiger partial charge is 0.493 e. The minimum atomic E-state index is -0.550. The molecule has 10 heteroatoms. The van der Waals surface area contributed by atoms with E-state index in [2.05, 4.69) is 10.3 Å². The molecule has 0 bridgehead atoms. The molecule has 0 saturated carbocycles. The number of carbonyl (C=O) groups excluding carboxylic acids is 1. The maximum Gasteiger partial charge on any atom is 0.258 e. The summed E-state index contributed by atoms with van der Waals surface area (Å²) in [6.07, 6.45) is 3.31. The van der Waals surface area contributed by atoms with Gasteiger partial charge in [0, 0.05) is 31.4 Å². The van der Waals surface area contributed by atoms with E-state index < -0.39 is 11.3 Å². The summed E-state index contributed by atoms with van der Waals surface area (Å²) in [5.74, 6) is -1.00. The zero-order chi connectivity index (χ0) is 25.8. The standard InChI is InChI=1S/C26H27N5O4S/c1-4-18(20-11-8-12-36-20)28-21-22(26(35)31(25(21)34)15-16-9-6-5-7-10-16)29-19-14-27-13-17(23(19)32)24(33)30(2)3/h5-14,29,34-35H,4,15H2,1-3H3,(H,27,32). The molecule has 3 heterocycles. The van der Waals surface area contributed by atoms with Gasteiger partial charge in [-0.05, 0) is 23.4 Å². The lowest BCUT2D eigenvalue weighted by Gasteiger charge is -2.11. The van der Waals surface area contributed by atoms with Crippen LogP contribution in [0.4, 0.5) is 17.1 Å². The summed E-state index contributed by atoms with van der Waals surface area (Å²) in [6.45, 7) is 2.13. The minimum absolute atomic E-state index is 0.0282. The molecule has 0 aliphatic rings. The Bertz CT molecular complexity index is 1450. The summed E-state index contributed by atoms with van der Waals surface area (Å²) in [6, 6.07) is 13.2. The second-order valence-corrected chi connectivity index (χ2v) is 9.22. The summed E-state index contributed by atoms with van der Waals surface area (Å²) >= 11 is 1.52. The van der Waals surface area contributed by atoms with Crippen molar-refractivity contribution < 1.29 is 15.0 Å². The number of nitrogens with zero attached hydrogens (tertiary/aromatic N) is 3. The Morgan fingerprint density at radius 1 is 1.11 bits per heavy atom. The molecule has 3 aromatic heterocycles. The van der Waals surface area contributed by atoms with E-state index in [1.54, 1.807) is 14.1 Å². The summed E-state index contributed by atoms with van der Waals surface area (Å²) < 4.78 is 1.32. The van der Waals surface area contributed by atoms with Crippen LogP contribution in [0.3, 0.4) is 0 Å². The molecule has 1 amide bonds. The summed E-state index contributed by atoms with van der Waals surface area (Å²) in [5.41, 5.74) is 1.14. The molecule has 4 aromatic rings. The molecule has 1 aromatic carbocycles. The monoisotopic (exact) mass is 505 g/mol. The minimum Gasteiger partial charge on any atom is -0.493 e. The van der Waals surface area contributed by atoms with Crippen LogP contribution < -0.4 is 10.7 Å². The van der Waals surface area contributed by atoms with Crippen molar-refractivity contribution in [3.05, 3.63) is 86.5 Å². The molecule has 36 heavy (non-hydrogen) atoms. The van der Waals surface area contributed by atoms with Crippen LogP contribution in [0.2, 0.25) is 0 Å². The summed E-state index contributed by atoms with van der Waals surface area (Å²) in [4.78, 5) is 35.3. The molecule has 0 radical (unpaired) electrons. The lowest BCUT2D eigenvalue weighted by atomic mass is 10.2. The Morgan fingerprint density at radius 2 is 1.86 bits per heavy atom. The molecule has 4 rings (SSSR count). The highest BCUT2D eigenvalue weighted by molar-refractivity contribution is 7.12. The Morgan fingerprint density at radius 3 is 2.50 bits per heavy atom. The zero-order valence-corrected chi connectivity index (χ0v) is 21.0. The Balaban J connectivity index is 1.86. The second-order valence-electron chi connectivity index (χ2n) is 8.27. The van der Waals surface area contributed by atoms with Crippen LogP contribution in [0, 0.1) is 0 Å². The van der Waals surface area contributed by atoms with E-state index in [-0.39, 0.29) is 40.9 Å². The number of aromatic hydroxyl groups is 2. The number of carbonyl (C=O) groups is 1. The fourth-order valence-corrected chi connectivity index (χ4v) is 4.50. The van der Waals surface area contributed by atoms with E-state index in [0.29, 0.717) is 12.1 Å². The van der Waals surface area contributed by atoms with Crippen molar-refractivity contribution in [2.24, 2.45) is 4.99 Å². The average molecular weight is 506 g/mol. The quantitative estimate of drug-likeness (QED) is 0.259. The molecule has 186 valence electrons. The van der Waals surface area contributed by atoms with E-state index >= 15 is 0 Å². The predicted octanol–water partition coefficient (Wildman–Crippen LogP) is 4.67. The maximum absolute atomic E-state index is 13.1. The molecule has 4 N–H and O–H groups in total. The number of thiophene rings is 1. The van der Waals surface area contributed by atoms with E-state index in [0.717, 1.165) is 10.4 Å². The normalized spacial score (nSPS) is 11.5. The molecule has 0 unspecified atom stereocenters. The smallest absolute Gasteiger partial charge is 0.258 e. The molecule has 9 nitrogen and oxygen atoms in total. The number of anilines is 2. The first-order chi connectivity index (χ1) is 17.3.